The van der Waals surface area contributed by atoms with E-state index in [1.807, 2.05) is 0 Å². The molecular weight excluding hydrogens is 665 g/mol. The zero-order chi connectivity index (χ0) is 34.5. The Kier molecular flexibility index (Phi) is 10.4. The highest BCUT2D eigenvalue weighted by molar-refractivity contribution is 7.90. The maximum absolute atomic E-state index is 13.8. The number of hydrogen-bond acceptors (Lipinski definition) is 5. The molecule has 1 saturated heterocycles. The molecular formula is C28H31ClF9N3O3S. The average molecular weight is 696 g/mol. The Hall–Kier alpha value is -2.43. The molecule has 1 fully saturated rings. The van der Waals surface area contributed by atoms with Crippen molar-refractivity contribution in [3.63, 3.8) is 0 Å². The number of carbonyl (C=O) groups is 1. The van der Waals surface area contributed by atoms with Gasteiger partial charge in [-0.3, -0.25) is 9.88 Å². The van der Waals surface area contributed by atoms with Gasteiger partial charge in [-0.05, 0) is 89.8 Å². The van der Waals surface area contributed by atoms with Crippen LogP contribution in [-0.2, 0) is 34.6 Å². The summed E-state index contributed by atoms with van der Waals surface area (Å²) in [7, 11) is 0. The molecule has 2 heterocycles. The summed E-state index contributed by atoms with van der Waals surface area (Å²) in [6.45, 7) is 8.95. The predicted octanol–water partition coefficient (Wildman–Crippen LogP) is 9.03. The third kappa shape index (κ3) is 9.10. The molecule has 2 aromatic rings. The highest BCUT2D eigenvalue weighted by Gasteiger charge is 2.48. The van der Waals surface area contributed by atoms with Crippen LogP contribution in [0.3, 0.4) is 0 Å². The van der Waals surface area contributed by atoms with Crippen molar-refractivity contribution in [2.45, 2.75) is 101 Å². The molecule has 45 heavy (non-hydrogen) atoms. The highest BCUT2D eigenvalue weighted by Crippen LogP contribution is 2.47. The van der Waals surface area contributed by atoms with Gasteiger partial charge < -0.3 is 9.29 Å². The molecule has 1 aliphatic heterocycles. The van der Waals surface area contributed by atoms with E-state index >= 15 is 0 Å². The van der Waals surface area contributed by atoms with E-state index in [-0.39, 0.29) is 29.5 Å². The Morgan fingerprint density at radius 1 is 0.933 bits per heavy atom. The SMILES string of the molecule is CC(C)(C)OC(=O)N1[C@H](c2cc(C(F)(F)F)ncc2Cl)CC[C@H]1[C@H](N[S@@+]([O-])C(C)(C)C)c1cc(C(F)(F)F)cc(C(F)(F)F)c1. The molecule has 4 atom stereocenters. The molecule has 1 N–H and O–H groups in total. The molecule has 0 radical (unpaired) electrons. The molecule has 1 aromatic carbocycles. The van der Waals surface area contributed by atoms with Crippen molar-refractivity contribution in [2.75, 3.05) is 0 Å². The number of halogens is 10. The van der Waals surface area contributed by atoms with Crippen LogP contribution < -0.4 is 4.72 Å². The van der Waals surface area contributed by atoms with Gasteiger partial charge in [0.15, 0.2) is 0 Å². The van der Waals surface area contributed by atoms with E-state index in [0.29, 0.717) is 18.2 Å². The van der Waals surface area contributed by atoms with Gasteiger partial charge in [-0.15, -0.1) is 4.72 Å². The van der Waals surface area contributed by atoms with Crippen LogP contribution in [0.4, 0.5) is 44.3 Å². The van der Waals surface area contributed by atoms with Crippen molar-refractivity contribution in [3.05, 3.63) is 63.4 Å². The molecule has 1 aromatic heterocycles. The first-order valence-corrected chi connectivity index (χ1v) is 14.9. The number of alkyl halides is 9. The minimum atomic E-state index is -5.22. The number of aromatic nitrogens is 1. The molecule has 17 heteroatoms. The van der Waals surface area contributed by atoms with Crippen molar-refractivity contribution in [1.82, 2.24) is 14.6 Å². The fourth-order valence-corrected chi connectivity index (χ4v) is 5.84. The zero-order valence-corrected chi connectivity index (χ0v) is 26.4. The van der Waals surface area contributed by atoms with Gasteiger partial charge in [0, 0.05) is 17.6 Å². The van der Waals surface area contributed by atoms with E-state index in [0.717, 1.165) is 11.1 Å². The third-order valence-electron chi connectivity index (χ3n) is 6.71. The molecule has 1 amide bonds. The van der Waals surface area contributed by atoms with Crippen molar-refractivity contribution < 1.29 is 53.6 Å². The minimum absolute atomic E-state index is 0.0697. The monoisotopic (exact) mass is 695 g/mol. The van der Waals surface area contributed by atoms with Gasteiger partial charge in [-0.2, -0.15) is 39.5 Å². The quantitative estimate of drug-likeness (QED) is 0.250. The lowest BCUT2D eigenvalue weighted by Crippen LogP contribution is -2.50. The van der Waals surface area contributed by atoms with Crippen LogP contribution in [0.25, 0.3) is 0 Å². The van der Waals surface area contributed by atoms with Gasteiger partial charge in [-0.1, -0.05) is 11.6 Å². The number of ether oxygens (including phenoxy) is 1. The largest absolute Gasteiger partial charge is 0.598 e. The second-order valence-electron chi connectivity index (χ2n) is 12.5. The molecule has 1 aliphatic rings. The number of benzene rings is 1. The Bertz CT molecular complexity index is 1360. The summed E-state index contributed by atoms with van der Waals surface area (Å²) in [6, 6.07) is -2.83. The molecule has 252 valence electrons. The summed E-state index contributed by atoms with van der Waals surface area (Å²) in [6.07, 6.45) is -16.0. The first-order chi connectivity index (χ1) is 20.2. The van der Waals surface area contributed by atoms with Crippen LogP contribution in [0.2, 0.25) is 5.02 Å². The molecule has 0 saturated carbocycles. The van der Waals surface area contributed by atoms with E-state index in [4.69, 9.17) is 16.3 Å². The Balaban J connectivity index is 2.30. The second-order valence-corrected chi connectivity index (χ2v) is 14.9. The maximum Gasteiger partial charge on any atom is 0.433 e. The first-order valence-electron chi connectivity index (χ1n) is 13.4. The third-order valence-corrected chi connectivity index (χ3v) is 8.61. The number of likely N-dealkylation sites (tertiary alicyclic amines) is 1. The molecule has 3 rings (SSSR count). The summed E-state index contributed by atoms with van der Waals surface area (Å²) in [5, 5.41) is -0.275. The van der Waals surface area contributed by atoms with E-state index < -0.39 is 86.8 Å². The van der Waals surface area contributed by atoms with Crippen molar-refractivity contribution >= 4 is 29.1 Å². The summed E-state index contributed by atoms with van der Waals surface area (Å²) >= 11 is 4.12. The lowest BCUT2D eigenvalue weighted by molar-refractivity contribution is -0.143. The number of amides is 1. The molecule has 6 nitrogen and oxygen atoms in total. The topological polar surface area (TPSA) is 77.5 Å². The van der Waals surface area contributed by atoms with Crippen molar-refractivity contribution in [2.24, 2.45) is 0 Å². The molecule has 0 aliphatic carbocycles. The van der Waals surface area contributed by atoms with Crippen molar-refractivity contribution in [1.29, 1.82) is 0 Å². The van der Waals surface area contributed by atoms with Gasteiger partial charge in [0.25, 0.3) is 0 Å². The predicted molar refractivity (Wildman–Crippen MR) is 148 cm³/mol. The number of hydrogen-bond donors (Lipinski definition) is 1. The van der Waals surface area contributed by atoms with Gasteiger partial charge in [0.1, 0.15) is 16.0 Å². The van der Waals surface area contributed by atoms with Crippen LogP contribution in [0.15, 0.2) is 30.5 Å². The van der Waals surface area contributed by atoms with Gasteiger partial charge >= 0.3 is 24.6 Å². The maximum atomic E-state index is 13.8. The summed E-state index contributed by atoms with van der Waals surface area (Å²) < 4.78 is 144. The Morgan fingerprint density at radius 3 is 1.91 bits per heavy atom. The number of carbonyl (C=O) groups excluding carboxylic acids is 1. The van der Waals surface area contributed by atoms with E-state index in [9.17, 15) is 48.9 Å². The van der Waals surface area contributed by atoms with Gasteiger partial charge in [0.2, 0.25) is 0 Å². The number of pyridine rings is 1. The summed E-state index contributed by atoms with van der Waals surface area (Å²) in [5.41, 5.74) is -6.64. The molecule has 0 unspecified atom stereocenters. The van der Waals surface area contributed by atoms with Crippen molar-refractivity contribution in [3.8, 4) is 0 Å². The molecule has 0 bridgehead atoms. The Labute approximate surface area is 262 Å². The smallest absolute Gasteiger partial charge is 0.433 e. The van der Waals surface area contributed by atoms with E-state index in [2.05, 4.69) is 9.71 Å². The Morgan fingerprint density at radius 2 is 1.47 bits per heavy atom. The van der Waals surface area contributed by atoms with Crippen LogP contribution in [0.5, 0.6) is 0 Å². The number of rotatable bonds is 5. The van der Waals surface area contributed by atoms with Crippen LogP contribution in [-0.4, -0.2) is 36.9 Å². The summed E-state index contributed by atoms with van der Waals surface area (Å²) in [4.78, 5) is 17.9. The number of nitrogens with zero attached hydrogens (tertiary/aromatic N) is 2. The van der Waals surface area contributed by atoms with E-state index in [1.165, 1.54) is 41.5 Å². The minimum Gasteiger partial charge on any atom is -0.598 e. The average Bonchev–Trinajstić information content (AvgIpc) is 3.28. The second kappa shape index (κ2) is 12.6. The van der Waals surface area contributed by atoms with Gasteiger partial charge in [-0.25, -0.2) is 4.79 Å². The highest BCUT2D eigenvalue weighted by atomic mass is 35.5. The standard InChI is InChI=1S/C28H31ClF9N3O3S/c1-24(2,3)44-23(42)41-19(17-12-21(28(36,37)38)39-13-18(17)29)7-8-20(41)22(40-45(43)25(4,5)6)14-9-15(26(30,31)32)11-16(10-14)27(33,34)35/h9-13,19-20,22,40H,7-8H2,1-6H3/t19-,20-,22+,45-/m0/s1. The lowest BCUT2D eigenvalue weighted by Gasteiger charge is -2.38. The molecule has 0 spiro atoms. The van der Waals surface area contributed by atoms with Gasteiger partial charge in [0.05, 0.1) is 34.3 Å². The first kappa shape index (κ1) is 37.0. The lowest BCUT2D eigenvalue weighted by atomic mass is 9.94. The fourth-order valence-electron chi connectivity index (χ4n) is 4.73. The normalized spacial score (nSPS) is 19.9. The van der Waals surface area contributed by atoms with E-state index in [1.54, 1.807) is 0 Å². The fraction of sp³-hybridized carbons (Fsp3) is 0.571. The number of nitrogens with one attached hydrogen (secondary N) is 1. The van der Waals surface area contributed by atoms with Crippen LogP contribution in [0.1, 0.15) is 94.4 Å². The van der Waals surface area contributed by atoms with Crippen LogP contribution in [0, 0.1) is 0 Å². The zero-order valence-electron chi connectivity index (χ0n) is 24.8. The summed E-state index contributed by atoms with van der Waals surface area (Å²) in [5.74, 6) is 0. The van der Waals surface area contributed by atoms with Crippen LogP contribution >= 0.6 is 11.6 Å².